The highest BCUT2D eigenvalue weighted by atomic mass is 19.4. The van der Waals surface area contributed by atoms with E-state index in [1.165, 1.54) is 0 Å². The normalized spacial score (nSPS) is 11.8. The molecule has 0 amide bonds. The molecule has 0 radical (unpaired) electrons. The molecule has 118 valence electrons. The van der Waals surface area contributed by atoms with Crippen LogP contribution in [0.2, 0.25) is 0 Å². The van der Waals surface area contributed by atoms with Gasteiger partial charge in [0.15, 0.2) is 0 Å². The van der Waals surface area contributed by atoms with E-state index in [0.717, 1.165) is 16.7 Å². The minimum Gasteiger partial charge on any atom is -0.308 e. The first-order valence-corrected chi connectivity index (χ1v) is 6.60. The van der Waals surface area contributed by atoms with Gasteiger partial charge in [-0.25, -0.2) is 4.98 Å². The van der Waals surface area contributed by atoms with Gasteiger partial charge in [-0.3, -0.25) is 9.59 Å². The van der Waals surface area contributed by atoms with Crippen LogP contribution in [0.25, 0.3) is 10.9 Å². The number of nitrogens with zero attached hydrogens (tertiary/aromatic N) is 2. The Hall–Kier alpha value is -2.90. The van der Waals surface area contributed by atoms with Crippen molar-refractivity contribution in [2.45, 2.75) is 12.7 Å². The topological polar surface area (TPSA) is 67.8 Å². The Morgan fingerprint density at radius 1 is 1.09 bits per heavy atom. The number of hydrogen-bond acceptors (Lipinski definition) is 3. The maximum absolute atomic E-state index is 12.7. The average Bonchev–Trinajstić information content (AvgIpc) is 2.48. The predicted molar refractivity (Wildman–Crippen MR) is 77.2 cm³/mol. The van der Waals surface area contributed by atoms with Gasteiger partial charge < -0.3 is 9.55 Å². The lowest BCUT2D eigenvalue weighted by Crippen LogP contribution is -2.24. The third-order valence-corrected chi connectivity index (χ3v) is 3.29. The molecule has 0 unspecified atom stereocenters. The number of pyridine rings is 1. The van der Waals surface area contributed by atoms with Crippen molar-refractivity contribution < 1.29 is 13.2 Å². The second-order valence-electron chi connectivity index (χ2n) is 4.91. The van der Waals surface area contributed by atoms with Crippen LogP contribution in [-0.2, 0) is 12.7 Å². The van der Waals surface area contributed by atoms with Crippen LogP contribution in [0, 0.1) is 0 Å². The molecular weight excluding hydrogens is 311 g/mol. The van der Waals surface area contributed by atoms with E-state index in [2.05, 4.69) is 9.97 Å². The summed E-state index contributed by atoms with van der Waals surface area (Å²) in [5.41, 5.74) is -1.56. The number of benzene rings is 1. The van der Waals surface area contributed by atoms with Gasteiger partial charge in [-0.2, -0.15) is 13.2 Å². The van der Waals surface area contributed by atoms with E-state index in [0.29, 0.717) is 17.1 Å². The Morgan fingerprint density at radius 3 is 2.57 bits per heavy atom. The molecule has 0 bridgehead atoms. The zero-order valence-corrected chi connectivity index (χ0v) is 11.6. The summed E-state index contributed by atoms with van der Waals surface area (Å²) >= 11 is 0. The molecule has 0 aliphatic heterocycles. The second-order valence-corrected chi connectivity index (χ2v) is 4.91. The number of hydrogen-bond donors (Lipinski definition) is 1. The van der Waals surface area contributed by atoms with Crippen molar-refractivity contribution in [1.82, 2.24) is 14.5 Å². The predicted octanol–water partition coefficient (Wildman–Crippen LogP) is 2.15. The maximum atomic E-state index is 12.7. The first-order chi connectivity index (χ1) is 10.8. The fourth-order valence-electron chi connectivity index (χ4n) is 2.19. The van der Waals surface area contributed by atoms with Crippen LogP contribution in [-0.4, -0.2) is 14.5 Å². The number of para-hydroxylation sites is 1. The molecule has 2 heterocycles. The lowest BCUT2D eigenvalue weighted by atomic mass is 10.2. The highest BCUT2D eigenvalue weighted by Gasteiger charge is 2.31. The van der Waals surface area contributed by atoms with Crippen LogP contribution < -0.4 is 11.1 Å². The molecule has 0 atom stereocenters. The average molecular weight is 321 g/mol. The minimum atomic E-state index is -4.56. The van der Waals surface area contributed by atoms with Crippen LogP contribution in [0.1, 0.15) is 11.4 Å². The summed E-state index contributed by atoms with van der Waals surface area (Å²) in [6.45, 7) is -0.261. The lowest BCUT2D eigenvalue weighted by molar-refractivity contribution is -0.138. The van der Waals surface area contributed by atoms with E-state index in [-0.39, 0.29) is 12.4 Å². The van der Waals surface area contributed by atoms with Gasteiger partial charge in [0.1, 0.15) is 5.82 Å². The standard InChI is InChI=1S/C15H10F3N3O2/c16-15(17,18)9-5-6-13(22)21(7-9)8-12-19-11-4-2-1-3-10(11)14(23)20-12/h1-7H,8H2,(H,19,20,23). The molecule has 1 N–H and O–H groups in total. The smallest absolute Gasteiger partial charge is 0.308 e. The third kappa shape index (κ3) is 3.01. The molecule has 0 aliphatic rings. The molecule has 3 rings (SSSR count). The molecule has 5 nitrogen and oxygen atoms in total. The van der Waals surface area contributed by atoms with E-state index in [1.807, 2.05) is 0 Å². The highest BCUT2D eigenvalue weighted by molar-refractivity contribution is 5.77. The second kappa shape index (κ2) is 5.38. The highest BCUT2D eigenvalue weighted by Crippen LogP contribution is 2.28. The van der Waals surface area contributed by atoms with Crippen molar-refractivity contribution in [2.75, 3.05) is 0 Å². The van der Waals surface area contributed by atoms with Crippen molar-refractivity contribution in [1.29, 1.82) is 0 Å². The molecule has 0 saturated carbocycles. The van der Waals surface area contributed by atoms with Crippen molar-refractivity contribution >= 4 is 10.9 Å². The van der Waals surface area contributed by atoms with Gasteiger partial charge in [-0.05, 0) is 18.2 Å². The summed E-state index contributed by atoms with van der Waals surface area (Å²) in [7, 11) is 0. The molecule has 0 aliphatic carbocycles. The quantitative estimate of drug-likeness (QED) is 0.786. The fraction of sp³-hybridized carbons (Fsp3) is 0.133. The Balaban J connectivity index is 2.06. The van der Waals surface area contributed by atoms with Crippen molar-refractivity contribution in [3.8, 4) is 0 Å². The van der Waals surface area contributed by atoms with Gasteiger partial charge in [0.25, 0.3) is 11.1 Å². The monoisotopic (exact) mass is 321 g/mol. The van der Waals surface area contributed by atoms with E-state index < -0.39 is 22.9 Å². The Kier molecular flexibility index (Phi) is 3.51. The summed E-state index contributed by atoms with van der Waals surface area (Å²) in [6, 6.07) is 8.12. The van der Waals surface area contributed by atoms with Crippen LogP contribution in [0.3, 0.4) is 0 Å². The largest absolute Gasteiger partial charge is 0.417 e. The van der Waals surface area contributed by atoms with Crippen LogP contribution in [0.4, 0.5) is 13.2 Å². The van der Waals surface area contributed by atoms with Gasteiger partial charge in [-0.1, -0.05) is 12.1 Å². The van der Waals surface area contributed by atoms with Gasteiger partial charge in [0, 0.05) is 12.3 Å². The van der Waals surface area contributed by atoms with Crippen molar-refractivity contribution in [3.05, 3.63) is 74.7 Å². The molecule has 23 heavy (non-hydrogen) atoms. The zero-order chi connectivity index (χ0) is 16.6. The Labute approximate surface area is 127 Å². The number of halogens is 3. The molecule has 0 saturated heterocycles. The molecule has 0 spiro atoms. The summed E-state index contributed by atoms with van der Waals surface area (Å²) < 4.78 is 39.0. The molecule has 8 heteroatoms. The minimum absolute atomic E-state index is 0.107. The Morgan fingerprint density at radius 2 is 1.83 bits per heavy atom. The van der Waals surface area contributed by atoms with Crippen LogP contribution in [0.5, 0.6) is 0 Å². The van der Waals surface area contributed by atoms with E-state index >= 15 is 0 Å². The van der Waals surface area contributed by atoms with Crippen molar-refractivity contribution in [2.24, 2.45) is 0 Å². The van der Waals surface area contributed by atoms with Crippen LogP contribution in [0.15, 0.2) is 52.2 Å². The molecule has 2 aromatic heterocycles. The number of H-pyrrole nitrogens is 1. The number of rotatable bonds is 2. The van der Waals surface area contributed by atoms with E-state index in [1.54, 1.807) is 24.3 Å². The number of fused-ring (bicyclic) bond motifs is 1. The summed E-state index contributed by atoms with van der Waals surface area (Å²) in [5, 5.41) is 0.368. The summed E-state index contributed by atoms with van der Waals surface area (Å²) in [5.74, 6) is 0.107. The summed E-state index contributed by atoms with van der Waals surface area (Å²) in [6.07, 6.45) is -3.85. The zero-order valence-electron chi connectivity index (χ0n) is 11.6. The third-order valence-electron chi connectivity index (χ3n) is 3.29. The molecule has 0 fully saturated rings. The van der Waals surface area contributed by atoms with Gasteiger partial charge in [0.05, 0.1) is 23.0 Å². The number of alkyl halides is 3. The SMILES string of the molecule is O=c1[nH]c(Cn2cc(C(F)(F)F)ccc2=O)nc2ccccc12. The van der Waals surface area contributed by atoms with Gasteiger partial charge in [0.2, 0.25) is 0 Å². The first-order valence-electron chi connectivity index (χ1n) is 6.60. The van der Waals surface area contributed by atoms with Crippen LogP contribution >= 0.6 is 0 Å². The maximum Gasteiger partial charge on any atom is 0.417 e. The Bertz CT molecular complexity index is 989. The fourth-order valence-corrected chi connectivity index (χ4v) is 2.19. The molecule has 3 aromatic rings. The summed E-state index contributed by atoms with van der Waals surface area (Å²) in [4.78, 5) is 30.3. The van der Waals surface area contributed by atoms with Gasteiger partial charge in [-0.15, -0.1) is 0 Å². The van der Waals surface area contributed by atoms with Gasteiger partial charge >= 0.3 is 6.18 Å². The molecule has 1 aromatic carbocycles. The number of nitrogens with one attached hydrogen (secondary N) is 1. The van der Waals surface area contributed by atoms with Crippen molar-refractivity contribution in [3.63, 3.8) is 0 Å². The van der Waals surface area contributed by atoms with E-state index in [4.69, 9.17) is 0 Å². The lowest BCUT2D eigenvalue weighted by Gasteiger charge is -2.10. The first kappa shape index (κ1) is 15.0. The number of aromatic nitrogens is 3. The number of aromatic amines is 1. The van der Waals surface area contributed by atoms with E-state index in [9.17, 15) is 22.8 Å². The molecular formula is C15H10F3N3O2.